The lowest BCUT2D eigenvalue weighted by molar-refractivity contribution is 0.660. The van der Waals surface area contributed by atoms with Gasteiger partial charge in [0.25, 0.3) is 0 Å². The smallest absolute Gasteiger partial charge is 0.168 e. The highest BCUT2D eigenvalue weighted by molar-refractivity contribution is 5.73. The molecule has 0 saturated heterocycles. The summed E-state index contributed by atoms with van der Waals surface area (Å²) in [6, 6.07) is 0. The Kier molecular flexibility index (Phi) is 3.92. The molecule has 2 aromatic rings. The maximum atomic E-state index is 5.83. The van der Waals surface area contributed by atoms with E-state index in [9.17, 15) is 0 Å². The lowest BCUT2D eigenvalue weighted by Gasteiger charge is -2.10. The van der Waals surface area contributed by atoms with Gasteiger partial charge in [-0.05, 0) is 6.42 Å². The van der Waals surface area contributed by atoms with Crippen molar-refractivity contribution in [3.8, 4) is 0 Å². The van der Waals surface area contributed by atoms with E-state index in [0.717, 1.165) is 19.5 Å². The van der Waals surface area contributed by atoms with Gasteiger partial charge < -0.3 is 21.0 Å². The summed E-state index contributed by atoms with van der Waals surface area (Å²) >= 11 is 0. The largest absolute Gasteiger partial charge is 0.393 e. The first-order chi connectivity index (χ1) is 8.81. The van der Waals surface area contributed by atoms with Gasteiger partial charge in [-0.3, -0.25) is 0 Å². The fraction of sp³-hybridized carbons (Fsp3) is 0.300. The van der Waals surface area contributed by atoms with Crippen LogP contribution in [-0.2, 0) is 6.54 Å². The lowest BCUT2D eigenvalue weighted by atomic mass is 10.4. The molecule has 0 saturated carbocycles. The molecule has 0 spiro atoms. The van der Waals surface area contributed by atoms with Crippen molar-refractivity contribution in [2.45, 2.75) is 13.0 Å². The van der Waals surface area contributed by atoms with Gasteiger partial charge in [-0.2, -0.15) is 0 Å². The molecule has 0 aromatic carbocycles. The van der Waals surface area contributed by atoms with Crippen molar-refractivity contribution < 1.29 is 0 Å². The summed E-state index contributed by atoms with van der Waals surface area (Å²) in [6.07, 6.45) is 7.81. The number of aromatic nitrogens is 4. The molecular weight excluding hydrogens is 232 g/mol. The average molecular weight is 248 g/mol. The summed E-state index contributed by atoms with van der Waals surface area (Å²) in [5, 5.41) is 3.14. The molecule has 2 rings (SSSR count). The number of aryl methyl sites for hydroxylation is 1. The third-order valence-corrected chi connectivity index (χ3v) is 2.47. The van der Waals surface area contributed by atoms with Crippen LogP contribution in [0.1, 0.15) is 6.42 Å². The van der Waals surface area contributed by atoms with Crippen molar-refractivity contribution >= 4 is 17.3 Å². The van der Waals surface area contributed by atoms with Crippen molar-refractivity contribution in [1.82, 2.24) is 19.5 Å². The van der Waals surface area contributed by atoms with Crippen molar-refractivity contribution in [3.05, 3.63) is 25.0 Å². The van der Waals surface area contributed by atoms with Gasteiger partial charge >= 0.3 is 0 Å². The first-order valence-corrected chi connectivity index (χ1v) is 5.58. The van der Waals surface area contributed by atoms with Gasteiger partial charge in [0.1, 0.15) is 12.0 Å². The predicted octanol–water partition coefficient (Wildman–Crippen LogP) is 0.0431. The minimum Gasteiger partial charge on any atom is -0.393 e. The summed E-state index contributed by atoms with van der Waals surface area (Å²) in [6.45, 7) is 1.64. The summed E-state index contributed by atoms with van der Waals surface area (Å²) in [4.78, 5) is 11.9. The minimum atomic E-state index is 0.419. The second-order valence-electron chi connectivity index (χ2n) is 3.71. The van der Waals surface area contributed by atoms with Gasteiger partial charge in [0, 0.05) is 25.5 Å². The zero-order valence-electron chi connectivity index (χ0n) is 9.87. The Balaban J connectivity index is 1.83. The number of hydrogen-bond donors (Lipinski definition) is 4. The number of rotatable bonds is 6. The molecule has 18 heavy (non-hydrogen) atoms. The van der Waals surface area contributed by atoms with Crippen LogP contribution in [0.25, 0.3) is 0 Å². The van der Waals surface area contributed by atoms with Crippen LogP contribution in [0, 0.1) is 0 Å². The number of anilines is 3. The highest BCUT2D eigenvalue weighted by Gasteiger charge is 2.05. The van der Waals surface area contributed by atoms with Gasteiger partial charge in [0.05, 0.1) is 6.33 Å². The molecule has 8 nitrogen and oxygen atoms in total. The third-order valence-electron chi connectivity index (χ3n) is 2.47. The number of nitrogens with zero attached hydrogens (tertiary/aromatic N) is 4. The number of hydrazine groups is 1. The number of nitrogens with one attached hydrogen (secondary N) is 2. The fourth-order valence-corrected chi connectivity index (χ4v) is 1.54. The topological polar surface area (TPSA) is 120 Å². The summed E-state index contributed by atoms with van der Waals surface area (Å²) in [7, 11) is 0. The van der Waals surface area contributed by atoms with Crippen LogP contribution in [0.15, 0.2) is 25.0 Å². The van der Waals surface area contributed by atoms with Crippen LogP contribution in [0.5, 0.6) is 0 Å². The van der Waals surface area contributed by atoms with Gasteiger partial charge in [-0.15, -0.1) is 0 Å². The molecule has 0 unspecified atom stereocenters. The molecule has 0 atom stereocenters. The minimum absolute atomic E-state index is 0.419. The predicted molar refractivity (Wildman–Crippen MR) is 69.6 cm³/mol. The quantitative estimate of drug-likeness (QED) is 0.324. The molecule has 2 aromatic heterocycles. The highest BCUT2D eigenvalue weighted by Crippen LogP contribution is 2.20. The molecule has 8 heteroatoms. The zero-order chi connectivity index (χ0) is 12.8. The van der Waals surface area contributed by atoms with Gasteiger partial charge in [0.15, 0.2) is 11.6 Å². The zero-order valence-corrected chi connectivity index (χ0v) is 9.87. The molecule has 0 bridgehead atoms. The molecule has 0 fully saturated rings. The molecule has 0 radical (unpaired) electrons. The molecule has 0 amide bonds. The van der Waals surface area contributed by atoms with E-state index in [2.05, 4.69) is 25.7 Å². The van der Waals surface area contributed by atoms with Gasteiger partial charge in [-0.25, -0.2) is 20.8 Å². The standard InChI is InChI=1S/C10H16N8/c11-8-9(15-6-16-10(8)17-12)14-2-1-4-18-5-3-13-7-18/h3,5-7H,1-2,4,11-12H2,(H2,14,15,16,17). The second kappa shape index (κ2) is 5.82. The van der Waals surface area contributed by atoms with E-state index in [4.69, 9.17) is 11.6 Å². The van der Waals surface area contributed by atoms with E-state index in [1.807, 2.05) is 10.8 Å². The highest BCUT2D eigenvalue weighted by atomic mass is 15.3. The van der Waals surface area contributed by atoms with Crippen molar-refractivity contribution in [2.24, 2.45) is 5.84 Å². The molecule has 0 aliphatic carbocycles. The Morgan fingerprint density at radius 3 is 2.83 bits per heavy atom. The van der Waals surface area contributed by atoms with Crippen LogP contribution >= 0.6 is 0 Å². The van der Waals surface area contributed by atoms with E-state index in [1.54, 1.807) is 12.5 Å². The molecule has 96 valence electrons. The van der Waals surface area contributed by atoms with E-state index in [1.165, 1.54) is 6.33 Å². The normalized spacial score (nSPS) is 10.3. The average Bonchev–Trinajstić information content (AvgIpc) is 2.89. The molecular formula is C10H16N8. The Morgan fingerprint density at radius 2 is 2.11 bits per heavy atom. The first kappa shape index (κ1) is 12.1. The lowest BCUT2D eigenvalue weighted by Crippen LogP contribution is -2.14. The Morgan fingerprint density at radius 1 is 1.28 bits per heavy atom. The SMILES string of the molecule is NNc1ncnc(NCCCn2ccnc2)c1N. The van der Waals surface area contributed by atoms with E-state index in [-0.39, 0.29) is 0 Å². The maximum absolute atomic E-state index is 5.83. The summed E-state index contributed by atoms with van der Waals surface area (Å²) in [5.74, 6) is 6.29. The van der Waals surface area contributed by atoms with Crippen LogP contribution in [-0.4, -0.2) is 26.1 Å². The Bertz CT molecular complexity index is 481. The monoisotopic (exact) mass is 248 g/mol. The maximum Gasteiger partial charge on any atom is 0.168 e. The van der Waals surface area contributed by atoms with Gasteiger partial charge in [0.2, 0.25) is 0 Å². The van der Waals surface area contributed by atoms with Crippen LogP contribution in [0.2, 0.25) is 0 Å². The van der Waals surface area contributed by atoms with Crippen molar-refractivity contribution in [2.75, 3.05) is 23.0 Å². The Labute approximate surface area is 104 Å². The molecule has 0 aliphatic rings. The third kappa shape index (κ3) is 2.86. The summed E-state index contributed by atoms with van der Waals surface area (Å²) < 4.78 is 2.01. The molecule has 2 heterocycles. The van der Waals surface area contributed by atoms with Gasteiger partial charge in [-0.1, -0.05) is 0 Å². The summed E-state index contributed by atoms with van der Waals surface area (Å²) in [5.41, 5.74) is 8.66. The van der Waals surface area contributed by atoms with E-state index < -0.39 is 0 Å². The van der Waals surface area contributed by atoms with Crippen molar-refractivity contribution in [1.29, 1.82) is 0 Å². The van der Waals surface area contributed by atoms with Crippen LogP contribution in [0.4, 0.5) is 17.3 Å². The molecule has 0 aliphatic heterocycles. The van der Waals surface area contributed by atoms with Crippen LogP contribution in [0.3, 0.4) is 0 Å². The molecule has 6 N–H and O–H groups in total. The second-order valence-corrected chi connectivity index (χ2v) is 3.71. The van der Waals surface area contributed by atoms with Crippen molar-refractivity contribution in [3.63, 3.8) is 0 Å². The first-order valence-electron chi connectivity index (χ1n) is 5.58. The van der Waals surface area contributed by atoms with E-state index >= 15 is 0 Å². The number of imidazole rings is 1. The number of nitrogens with two attached hydrogens (primary N) is 2. The Hall–Kier alpha value is -2.35. The number of hydrogen-bond acceptors (Lipinski definition) is 7. The number of nitrogen functional groups attached to an aromatic ring is 2. The fourth-order valence-electron chi connectivity index (χ4n) is 1.54. The van der Waals surface area contributed by atoms with Crippen LogP contribution < -0.4 is 22.3 Å². The van der Waals surface area contributed by atoms with E-state index in [0.29, 0.717) is 17.3 Å².